The highest BCUT2D eigenvalue weighted by molar-refractivity contribution is 7.17. The van der Waals surface area contributed by atoms with Crippen molar-refractivity contribution in [1.82, 2.24) is 15.2 Å². The quantitative estimate of drug-likeness (QED) is 0.913. The van der Waals surface area contributed by atoms with E-state index in [1.807, 2.05) is 11.8 Å². The SMILES string of the molecule is Cc1nc(-c2ccc(F)cc2)sc1C(=O)N1CCNCC1.Cl. The molecule has 22 heavy (non-hydrogen) atoms. The summed E-state index contributed by atoms with van der Waals surface area (Å²) in [5.41, 5.74) is 1.58. The lowest BCUT2D eigenvalue weighted by Gasteiger charge is -2.27. The average molecular weight is 342 g/mol. The molecule has 3 rings (SSSR count). The summed E-state index contributed by atoms with van der Waals surface area (Å²) in [5.74, 6) is -0.232. The van der Waals surface area contributed by atoms with E-state index in [4.69, 9.17) is 0 Å². The fourth-order valence-electron chi connectivity index (χ4n) is 2.32. The van der Waals surface area contributed by atoms with Gasteiger partial charge < -0.3 is 10.2 Å². The van der Waals surface area contributed by atoms with Crippen LogP contribution in [0.1, 0.15) is 15.4 Å². The van der Waals surface area contributed by atoms with E-state index < -0.39 is 0 Å². The van der Waals surface area contributed by atoms with Crippen molar-refractivity contribution in [2.45, 2.75) is 6.92 Å². The Hall–Kier alpha value is -1.50. The van der Waals surface area contributed by atoms with Gasteiger partial charge in [-0.2, -0.15) is 0 Å². The second-order valence-electron chi connectivity index (χ2n) is 4.98. The van der Waals surface area contributed by atoms with Gasteiger partial charge in [0.1, 0.15) is 15.7 Å². The monoisotopic (exact) mass is 341 g/mol. The van der Waals surface area contributed by atoms with Crippen LogP contribution in [0.15, 0.2) is 24.3 Å². The van der Waals surface area contributed by atoms with Crippen LogP contribution in [0.3, 0.4) is 0 Å². The van der Waals surface area contributed by atoms with Gasteiger partial charge in [-0.15, -0.1) is 23.7 Å². The van der Waals surface area contributed by atoms with Crippen molar-refractivity contribution < 1.29 is 9.18 Å². The molecule has 0 unspecified atom stereocenters. The zero-order valence-electron chi connectivity index (χ0n) is 12.1. The van der Waals surface area contributed by atoms with Crippen LogP contribution in [0.4, 0.5) is 4.39 Å². The second-order valence-corrected chi connectivity index (χ2v) is 5.98. The number of aromatic nitrogens is 1. The van der Waals surface area contributed by atoms with Crippen LogP contribution in [-0.4, -0.2) is 42.0 Å². The van der Waals surface area contributed by atoms with Crippen molar-refractivity contribution in [3.63, 3.8) is 0 Å². The Bertz CT molecular complexity index is 653. The van der Waals surface area contributed by atoms with Crippen LogP contribution >= 0.6 is 23.7 Å². The number of rotatable bonds is 2. The number of carbonyl (C=O) groups excluding carboxylic acids is 1. The molecule has 2 aromatic rings. The fraction of sp³-hybridized carbons (Fsp3) is 0.333. The molecule has 0 aliphatic carbocycles. The maximum Gasteiger partial charge on any atom is 0.265 e. The lowest BCUT2D eigenvalue weighted by Crippen LogP contribution is -2.46. The summed E-state index contributed by atoms with van der Waals surface area (Å²) in [6, 6.07) is 6.19. The van der Waals surface area contributed by atoms with Gasteiger partial charge in [-0.3, -0.25) is 4.79 Å². The van der Waals surface area contributed by atoms with E-state index in [-0.39, 0.29) is 24.1 Å². The predicted molar refractivity (Wildman–Crippen MR) is 88.3 cm³/mol. The molecule has 4 nitrogen and oxygen atoms in total. The third kappa shape index (κ3) is 3.45. The zero-order valence-corrected chi connectivity index (χ0v) is 13.8. The van der Waals surface area contributed by atoms with E-state index in [2.05, 4.69) is 10.3 Å². The van der Waals surface area contributed by atoms with E-state index in [1.165, 1.54) is 23.5 Å². The molecule has 0 radical (unpaired) electrons. The van der Waals surface area contributed by atoms with Crippen LogP contribution < -0.4 is 5.32 Å². The predicted octanol–water partition coefficient (Wildman–Crippen LogP) is 2.72. The molecule has 1 amide bonds. The number of halogens is 2. The second kappa shape index (κ2) is 7.17. The van der Waals surface area contributed by atoms with Crippen molar-refractivity contribution in [2.24, 2.45) is 0 Å². The summed E-state index contributed by atoms with van der Waals surface area (Å²) in [7, 11) is 0. The molecular weight excluding hydrogens is 325 g/mol. The molecule has 0 bridgehead atoms. The van der Waals surface area contributed by atoms with Gasteiger partial charge in [-0.25, -0.2) is 9.37 Å². The Kier molecular flexibility index (Phi) is 5.50. The molecular formula is C15H17ClFN3OS. The first-order valence-corrected chi connectivity index (χ1v) is 7.70. The highest BCUT2D eigenvalue weighted by atomic mass is 35.5. The van der Waals surface area contributed by atoms with Gasteiger partial charge in [0.05, 0.1) is 5.69 Å². The Labute approximate surface area is 138 Å². The zero-order chi connectivity index (χ0) is 14.8. The first-order valence-electron chi connectivity index (χ1n) is 6.88. The molecule has 0 spiro atoms. The molecule has 0 saturated carbocycles. The molecule has 1 aromatic heterocycles. The van der Waals surface area contributed by atoms with E-state index in [0.29, 0.717) is 4.88 Å². The van der Waals surface area contributed by atoms with Crippen molar-refractivity contribution >= 4 is 29.7 Å². The Balaban J connectivity index is 0.00000176. The van der Waals surface area contributed by atoms with E-state index >= 15 is 0 Å². The number of amides is 1. The molecule has 1 aliphatic heterocycles. The molecule has 1 aliphatic rings. The van der Waals surface area contributed by atoms with Gasteiger partial charge in [0.25, 0.3) is 5.91 Å². The molecule has 118 valence electrons. The number of nitrogens with one attached hydrogen (secondary N) is 1. The van der Waals surface area contributed by atoms with Crippen LogP contribution in [-0.2, 0) is 0 Å². The lowest BCUT2D eigenvalue weighted by atomic mass is 10.2. The summed E-state index contributed by atoms with van der Waals surface area (Å²) >= 11 is 1.38. The molecule has 0 atom stereocenters. The van der Waals surface area contributed by atoms with E-state index in [0.717, 1.165) is 42.4 Å². The summed E-state index contributed by atoms with van der Waals surface area (Å²) in [6.45, 7) is 4.95. The number of nitrogens with zero attached hydrogens (tertiary/aromatic N) is 2. The van der Waals surface area contributed by atoms with Crippen molar-refractivity contribution in [1.29, 1.82) is 0 Å². The summed E-state index contributed by atoms with van der Waals surface area (Å²) in [6.07, 6.45) is 0. The number of thiazole rings is 1. The van der Waals surface area contributed by atoms with Gasteiger partial charge in [-0.1, -0.05) is 0 Å². The minimum atomic E-state index is -0.274. The standard InChI is InChI=1S/C15H16FN3OS.ClH/c1-10-13(15(20)19-8-6-17-7-9-19)21-14(18-10)11-2-4-12(16)5-3-11;/h2-5,17H,6-9H2,1H3;1H. The Morgan fingerprint density at radius 1 is 1.27 bits per heavy atom. The van der Waals surface area contributed by atoms with Crippen LogP contribution in [0.5, 0.6) is 0 Å². The van der Waals surface area contributed by atoms with Gasteiger partial charge in [0.15, 0.2) is 0 Å². The molecule has 7 heteroatoms. The Morgan fingerprint density at radius 2 is 1.91 bits per heavy atom. The Morgan fingerprint density at radius 3 is 2.55 bits per heavy atom. The van der Waals surface area contributed by atoms with Gasteiger partial charge in [0.2, 0.25) is 0 Å². The molecule has 1 aromatic carbocycles. The molecule has 2 heterocycles. The first-order chi connectivity index (χ1) is 10.1. The first kappa shape index (κ1) is 16.9. The van der Waals surface area contributed by atoms with Crippen LogP contribution in [0.2, 0.25) is 0 Å². The summed E-state index contributed by atoms with van der Waals surface area (Å²) in [5, 5.41) is 3.99. The van der Waals surface area contributed by atoms with Crippen molar-refractivity contribution in [3.8, 4) is 10.6 Å². The van der Waals surface area contributed by atoms with Crippen molar-refractivity contribution in [2.75, 3.05) is 26.2 Å². The number of hydrogen-bond donors (Lipinski definition) is 1. The molecule has 1 fully saturated rings. The van der Waals surface area contributed by atoms with Gasteiger partial charge in [0, 0.05) is 31.7 Å². The molecule has 1 N–H and O–H groups in total. The summed E-state index contributed by atoms with van der Waals surface area (Å²) in [4.78, 5) is 19.5. The lowest BCUT2D eigenvalue weighted by molar-refractivity contribution is 0.0739. The minimum absolute atomic E-state index is 0. The average Bonchev–Trinajstić information content (AvgIpc) is 2.90. The van der Waals surface area contributed by atoms with E-state index in [1.54, 1.807) is 12.1 Å². The van der Waals surface area contributed by atoms with Crippen molar-refractivity contribution in [3.05, 3.63) is 40.7 Å². The number of hydrogen-bond acceptors (Lipinski definition) is 4. The third-order valence-electron chi connectivity index (χ3n) is 3.49. The maximum absolute atomic E-state index is 13.0. The number of aryl methyl sites for hydroxylation is 1. The normalized spacial score (nSPS) is 14.5. The topological polar surface area (TPSA) is 45.2 Å². The molecule has 1 saturated heterocycles. The van der Waals surface area contributed by atoms with Gasteiger partial charge in [-0.05, 0) is 31.2 Å². The fourth-order valence-corrected chi connectivity index (χ4v) is 3.36. The number of benzene rings is 1. The van der Waals surface area contributed by atoms with Gasteiger partial charge >= 0.3 is 0 Å². The van der Waals surface area contributed by atoms with Crippen LogP contribution in [0.25, 0.3) is 10.6 Å². The smallest absolute Gasteiger partial charge is 0.265 e. The maximum atomic E-state index is 13.0. The largest absolute Gasteiger partial charge is 0.335 e. The van der Waals surface area contributed by atoms with Crippen LogP contribution in [0, 0.1) is 12.7 Å². The number of piperazine rings is 1. The van der Waals surface area contributed by atoms with E-state index in [9.17, 15) is 9.18 Å². The summed E-state index contributed by atoms with van der Waals surface area (Å²) < 4.78 is 13.0. The highest BCUT2D eigenvalue weighted by Gasteiger charge is 2.23. The number of carbonyl (C=O) groups is 1. The third-order valence-corrected chi connectivity index (χ3v) is 4.68. The highest BCUT2D eigenvalue weighted by Crippen LogP contribution is 2.29. The minimum Gasteiger partial charge on any atom is -0.335 e.